The van der Waals surface area contributed by atoms with Crippen LogP contribution in [0.15, 0.2) is 16.7 Å². The maximum atomic E-state index is 11.5. The standard InChI is InChI=1S/C12H15NO4/c14-11(13-5-1-2-8-3-4-8)10-6-9(7-17-10)12(15)16/h6-8H,1-5H2,(H,13,14)(H,15,16). The van der Waals surface area contributed by atoms with Crippen LogP contribution in [0.3, 0.4) is 0 Å². The first kappa shape index (κ1) is 11.7. The lowest BCUT2D eigenvalue weighted by Crippen LogP contribution is -2.24. The number of furan rings is 1. The highest BCUT2D eigenvalue weighted by atomic mass is 16.4. The fourth-order valence-corrected chi connectivity index (χ4v) is 1.65. The predicted molar refractivity (Wildman–Crippen MR) is 60.0 cm³/mol. The Labute approximate surface area is 98.8 Å². The maximum Gasteiger partial charge on any atom is 0.338 e. The molecule has 1 saturated carbocycles. The Hall–Kier alpha value is -1.78. The molecule has 2 rings (SSSR count). The molecule has 0 saturated heterocycles. The zero-order valence-electron chi connectivity index (χ0n) is 9.44. The molecular formula is C12H15NO4. The highest BCUT2D eigenvalue weighted by Gasteiger charge is 2.20. The largest absolute Gasteiger partial charge is 0.478 e. The highest BCUT2D eigenvalue weighted by molar-refractivity contribution is 5.95. The molecule has 0 spiro atoms. The van der Waals surface area contributed by atoms with Crippen LogP contribution in [0.5, 0.6) is 0 Å². The number of carbonyl (C=O) groups is 2. The predicted octanol–water partition coefficient (Wildman–Crippen LogP) is 1.90. The molecule has 1 aliphatic carbocycles. The molecule has 0 bridgehead atoms. The minimum Gasteiger partial charge on any atom is -0.478 e. The summed E-state index contributed by atoms with van der Waals surface area (Å²) in [5.41, 5.74) is -0.00636. The fraction of sp³-hybridized carbons (Fsp3) is 0.500. The summed E-state index contributed by atoms with van der Waals surface area (Å²) in [4.78, 5) is 22.1. The second-order valence-electron chi connectivity index (χ2n) is 4.35. The number of nitrogens with one attached hydrogen (secondary N) is 1. The van der Waals surface area contributed by atoms with Gasteiger partial charge in [-0.1, -0.05) is 12.8 Å². The van der Waals surface area contributed by atoms with Gasteiger partial charge in [0.1, 0.15) is 6.26 Å². The third-order valence-corrected chi connectivity index (χ3v) is 2.84. The Kier molecular flexibility index (Phi) is 3.46. The van der Waals surface area contributed by atoms with Crippen LogP contribution in [-0.2, 0) is 0 Å². The molecule has 92 valence electrons. The minimum absolute atomic E-state index is 0.00636. The summed E-state index contributed by atoms with van der Waals surface area (Å²) in [7, 11) is 0. The van der Waals surface area contributed by atoms with Gasteiger partial charge in [-0.15, -0.1) is 0 Å². The first-order valence-corrected chi connectivity index (χ1v) is 5.77. The van der Waals surface area contributed by atoms with Gasteiger partial charge in [0.05, 0.1) is 5.56 Å². The van der Waals surface area contributed by atoms with Gasteiger partial charge in [-0.25, -0.2) is 4.79 Å². The van der Waals surface area contributed by atoms with Crippen molar-refractivity contribution in [1.29, 1.82) is 0 Å². The average molecular weight is 237 g/mol. The van der Waals surface area contributed by atoms with Gasteiger partial charge in [0.2, 0.25) is 0 Å². The van der Waals surface area contributed by atoms with Crippen molar-refractivity contribution in [3.8, 4) is 0 Å². The smallest absolute Gasteiger partial charge is 0.338 e. The molecule has 0 aromatic carbocycles. The van der Waals surface area contributed by atoms with Gasteiger partial charge in [-0.3, -0.25) is 4.79 Å². The Morgan fingerprint density at radius 1 is 1.47 bits per heavy atom. The van der Waals surface area contributed by atoms with E-state index in [1.807, 2.05) is 0 Å². The quantitative estimate of drug-likeness (QED) is 0.740. The summed E-state index contributed by atoms with van der Waals surface area (Å²) in [6.07, 6.45) is 5.81. The summed E-state index contributed by atoms with van der Waals surface area (Å²) in [6.45, 7) is 0.610. The minimum atomic E-state index is -1.10. The molecule has 0 radical (unpaired) electrons. The lowest BCUT2D eigenvalue weighted by atomic mass is 10.2. The zero-order valence-corrected chi connectivity index (χ0v) is 9.44. The van der Waals surface area contributed by atoms with Gasteiger partial charge < -0.3 is 14.8 Å². The highest BCUT2D eigenvalue weighted by Crippen LogP contribution is 2.33. The molecule has 5 heteroatoms. The van der Waals surface area contributed by atoms with Gasteiger partial charge in [0, 0.05) is 12.6 Å². The van der Waals surface area contributed by atoms with Crippen molar-refractivity contribution in [2.75, 3.05) is 6.54 Å². The average Bonchev–Trinajstić information content (AvgIpc) is 2.97. The number of carboxylic acid groups (broad SMARTS) is 1. The molecule has 1 aromatic rings. The molecule has 17 heavy (non-hydrogen) atoms. The molecule has 1 aliphatic rings. The molecular weight excluding hydrogens is 222 g/mol. The van der Waals surface area contributed by atoms with Crippen LogP contribution in [0.2, 0.25) is 0 Å². The van der Waals surface area contributed by atoms with Crippen LogP contribution in [0, 0.1) is 5.92 Å². The van der Waals surface area contributed by atoms with Gasteiger partial charge in [-0.05, 0) is 18.8 Å². The monoisotopic (exact) mass is 237 g/mol. The van der Waals surface area contributed by atoms with Crippen molar-refractivity contribution in [1.82, 2.24) is 5.32 Å². The first-order chi connectivity index (χ1) is 8.16. The Morgan fingerprint density at radius 3 is 2.82 bits per heavy atom. The van der Waals surface area contributed by atoms with Crippen molar-refractivity contribution >= 4 is 11.9 Å². The van der Waals surface area contributed by atoms with E-state index >= 15 is 0 Å². The number of aromatic carboxylic acids is 1. The molecule has 1 aromatic heterocycles. The van der Waals surface area contributed by atoms with E-state index in [9.17, 15) is 9.59 Å². The van der Waals surface area contributed by atoms with E-state index in [2.05, 4.69) is 5.32 Å². The molecule has 1 heterocycles. The van der Waals surface area contributed by atoms with Crippen LogP contribution < -0.4 is 5.32 Å². The van der Waals surface area contributed by atoms with E-state index in [0.29, 0.717) is 6.54 Å². The topological polar surface area (TPSA) is 79.5 Å². The van der Waals surface area contributed by atoms with E-state index in [1.165, 1.54) is 18.9 Å². The number of carbonyl (C=O) groups excluding carboxylic acids is 1. The number of hydrogen-bond acceptors (Lipinski definition) is 3. The van der Waals surface area contributed by atoms with Crippen molar-refractivity contribution in [3.05, 3.63) is 23.7 Å². The molecule has 0 atom stereocenters. The van der Waals surface area contributed by atoms with Crippen LogP contribution >= 0.6 is 0 Å². The van der Waals surface area contributed by atoms with Crippen molar-refractivity contribution in [2.24, 2.45) is 5.92 Å². The second-order valence-corrected chi connectivity index (χ2v) is 4.35. The summed E-state index contributed by atoms with van der Waals surface area (Å²) >= 11 is 0. The number of amides is 1. The van der Waals surface area contributed by atoms with Gasteiger partial charge in [0.15, 0.2) is 5.76 Å². The van der Waals surface area contributed by atoms with Gasteiger partial charge >= 0.3 is 5.97 Å². The van der Waals surface area contributed by atoms with Crippen LogP contribution in [0.1, 0.15) is 46.6 Å². The summed E-state index contributed by atoms with van der Waals surface area (Å²) < 4.78 is 4.89. The van der Waals surface area contributed by atoms with Crippen LogP contribution in [0.4, 0.5) is 0 Å². The first-order valence-electron chi connectivity index (χ1n) is 5.77. The van der Waals surface area contributed by atoms with E-state index in [1.54, 1.807) is 0 Å². The van der Waals surface area contributed by atoms with E-state index in [4.69, 9.17) is 9.52 Å². The Bertz CT molecular complexity index is 420. The lowest BCUT2D eigenvalue weighted by Gasteiger charge is -2.01. The van der Waals surface area contributed by atoms with Crippen LogP contribution in [0.25, 0.3) is 0 Å². The van der Waals surface area contributed by atoms with E-state index in [-0.39, 0.29) is 17.2 Å². The lowest BCUT2D eigenvalue weighted by molar-refractivity contribution is 0.0696. The third-order valence-electron chi connectivity index (χ3n) is 2.84. The van der Waals surface area contributed by atoms with Crippen molar-refractivity contribution in [3.63, 3.8) is 0 Å². The SMILES string of the molecule is O=C(O)c1coc(C(=O)NCCCC2CC2)c1. The van der Waals surface area contributed by atoms with E-state index in [0.717, 1.165) is 25.0 Å². The van der Waals surface area contributed by atoms with Crippen LogP contribution in [-0.4, -0.2) is 23.5 Å². The number of carboxylic acids is 1. The molecule has 2 N–H and O–H groups in total. The third kappa shape index (κ3) is 3.34. The van der Waals surface area contributed by atoms with Crippen molar-refractivity contribution < 1.29 is 19.1 Å². The van der Waals surface area contributed by atoms with Gasteiger partial charge in [-0.2, -0.15) is 0 Å². The molecule has 0 aliphatic heterocycles. The van der Waals surface area contributed by atoms with Gasteiger partial charge in [0.25, 0.3) is 5.91 Å². The zero-order chi connectivity index (χ0) is 12.3. The summed E-state index contributed by atoms with van der Waals surface area (Å²) in [5.74, 6) is -0.544. The second kappa shape index (κ2) is 5.03. The number of hydrogen-bond donors (Lipinski definition) is 2. The Balaban J connectivity index is 1.75. The summed E-state index contributed by atoms with van der Waals surface area (Å²) in [5, 5.41) is 11.4. The molecule has 0 unspecified atom stereocenters. The Morgan fingerprint density at radius 2 is 2.24 bits per heavy atom. The molecule has 1 amide bonds. The summed E-state index contributed by atoms with van der Waals surface area (Å²) in [6, 6.07) is 1.23. The molecule has 5 nitrogen and oxygen atoms in total. The fourth-order valence-electron chi connectivity index (χ4n) is 1.65. The normalized spacial score (nSPS) is 14.6. The van der Waals surface area contributed by atoms with Crippen molar-refractivity contribution in [2.45, 2.75) is 25.7 Å². The maximum absolute atomic E-state index is 11.5. The number of rotatable bonds is 6. The molecule has 1 fully saturated rings. The van der Waals surface area contributed by atoms with E-state index < -0.39 is 5.97 Å².